The van der Waals surface area contributed by atoms with Gasteiger partial charge in [0.1, 0.15) is 0 Å². The van der Waals surface area contributed by atoms with E-state index in [1.54, 1.807) is 0 Å². The van der Waals surface area contributed by atoms with E-state index in [9.17, 15) is 0 Å². The Kier molecular flexibility index (Phi) is 4.03. The summed E-state index contributed by atoms with van der Waals surface area (Å²) in [4.78, 5) is 0. The predicted octanol–water partition coefficient (Wildman–Crippen LogP) is 3.90. The van der Waals surface area contributed by atoms with E-state index in [0.717, 1.165) is 13.1 Å². The Morgan fingerprint density at radius 1 is 1.10 bits per heavy atom. The number of anilines is 1. The van der Waals surface area contributed by atoms with Crippen LogP contribution in [0.4, 0.5) is 5.69 Å². The lowest BCUT2D eigenvalue weighted by Gasteiger charge is -2.22. The summed E-state index contributed by atoms with van der Waals surface area (Å²) in [6, 6.07) is 17.6. The summed E-state index contributed by atoms with van der Waals surface area (Å²) in [6.07, 6.45) is 2.44. The summed E-state index contributed by atoms with van der Waals surface area (Å²) >= 11 is 0. The Labute approximate surface area is 121 Å². The van der Waals surface area contributed by atoms with E-state index >= 15 is 0 Å². The van der Waals surface area contributed by atoms with Crippen LogP contribution in [-0.2, 0) is 13.0 Å². The van der Waals surface area contributed by atoms with Crippen LogP contribution in [0.1, 0.15) is 36.1 Å². The van der Waals surface area contributed by atoms with Gasteiger partial charge in [0, 0.05) is 24.8 Å². The van der Waals surface area contributed by atoms with E-state index in [4.69, 9.17) is 0 Å². The molecule has 0 fully saturated rings. The third kappa shape index (κ3) is 2.86. The molecule has 1 aliphatic heterocycles. The minimum Gasteiger partial charge on any atom is -0.385 e. The minimum absolute atomic E-state index is 0.371. The van der Waals surface area contributed by atoms with Crippen LogP contribution in [0, 0.1) is 0 Å². The summed E-state index contributed by atoms with van der Waals surface area (Å²) in [7, 11) is 0. The number of para-hydroxylation sites is 1. The number of benzene rings is 2. The van der Waals surface area contributed by atoms with Crippen LogP contribution >= 0.6 is 0 Å². The van der Waals surface area contributed by atoms with Gasteiger partial charge in [0.2, 0.25) is 0 Å². The molecule has 2 aromatic carbocycles. The molecule has 2 nitrogen and oxygen atoms in total. The van der Waals surface area contributed by atoms with E-state index in [-0.39, 0.29) is 0 Å². The Hall–Kier alpha value is -1.80. The zero-order chi connectivity index (χ0) is 13.8. The van der Waals surface area contributed by atoms with Crippen molar-refractivity contribution < 1.29 is 0 Å². The average Bonchev–Trinajstić information content (AvgIpc) is 2.53. The summed E-state index contributed by atoms with van der Waals surface area (Å²) in [5, 5.41) is 7.18. The molecular weight excluding hydrogens is 244 g/mol. The van der Waals surface area contributed by atoms with Crippen LogP contribution in [0.2, 0.25) is 0 Å². The van der Waals surface area contributed by atoms with Gasteiger partial charge >= 0.3 is 0 Å². The first-order valence-electron chi connectivity index (χ1n) is 7.47. The van der Waals surface area contributed by atoms with Crippen molar-refractivity contribution in [1.82, 2.24) is 5.32 Å². The predicted molar refractivity (Wildman–Crippen MR) is 84.9 cm³/mol. The first-order valence-corrected chi connectivity index (χ1v) is 7.47. The van der Waals surface area contributed by atoms with Crippen molar-refractivity contribution >= 4 is 5.69 Å². The normalized spacial score (nSPS) is 15.2. The van der Waals surface area contributed by atoms with Gasteiger partial charge < -0.3 is 10.6 Å². The van der Waals surface area contributed by atoms with Crippen LogP contribution in [0.3, 0.4) is 0 Å². The molecule has 20 heavy (non-hydrogen) atoms. The maximum Gasteiger partial charge on any atom is 0.0418 e. The lowest BCUT2D eigenvalue weighted by molar-refractivity contribution is 0.574. The molecule has 0 unspecified atom stereocenters. The highest BCUT2D eigenvalue weighted by Gasteiger charge is 2.12. The number of fused-ring (bicyclic) bond motifs is 1. The SMILES string of the molecule is C[C@@H](NCc1cccc2c1NCCC2)c1ccccc1. The van der Waals surface area contributed by atoms with Gasteiger partial charge in [-0.2, -0.15) is 0 Å². The van der Waals surface area contributed by atoms with E-state index in [0.29, 0.717) is 6.04 Å². The maximum absolute atomic E-state index is 3.63. The second-order valence-electron chi connectivity index (χ2n) is 5.49. The van der Waals surface area contributed by atoms with E-state index in [1.165, 1.54) is 35.2 Å². The molecule has 0 radical (unpaired) electrons. The van der Waals surface area contributed by atoms with Gasteiger partial charge in [-0.25, -0.2) is 0 Å². The van der Waals surface area contributed by atoms with Crippen LogP contribution in [0.5, 0.6) is 0 Å². The molecule has 2 N–H and O–H groups in total. The molecule has 0 aliphatic carbocycles. The van der Waals surface area contributed by atoms with Crippen molar-refractivity contribution in [3.63, 3.8) is 0 Å². The monoisotopic (exact) mass is 266 g/mol. The molecule has 3 rings (SSSR count). The number of rotatable bonds is 4. The molecule has 0 spiro atoms. The van der Waals surface area contributed by atoms with Gasteiger partial charge in [-0.3, -0.25) is 0 Å². The van der Waals surface area contributed by atoms with Crippen LogP contribution < -0.4 is 10.6 Å². The minimum atomic E-state index is 0.371. The third-order valence-electron chi connectivity index (χ3n) is 4.06. The first-order chi connectivity index (χ1) is 9.84. The zero-order valence-electron chi connectivity index (χ0n) is 12.0. The van der Waals surface area contributed by atoms with Gasteiger partial charge in [0.05, 0.1) is 0 Å². The van der Waals surface area contributed by atoms with E-state index < -0.39 is 0 Å². The largest absolute Gasteiger partial charge is 0.385 e. The number of hydrogen-bond acceptors (Lipinski definition) is 2. The number of nitrogens with one attached hydrogen (secondary N) is 2. The van der Waals surface area contributed by atoms with Crippen molar-refractivity contribution in [1.29, 1.82) is 0 Å². The van der Waals surface area contributed by atoms with Gasteiger partial charge in [0.25, 0.3) is 0 Å². The fourth-order valence-electron chi connectivity index (χ4n) is 2.85. The molecule has 2 aromatic rings. The number of aryl methyl sites for hydroxylation is 1. The van der Waals surface area contributed by atoms with Crippen LogP contribution in [-0.4, -0.2) is 6.54 Å². The summed E-state index contributed by atoms with van der Waals surface area (Å²) in [5.74, 6) is 0. The van der Waals surface area contributed by atoms with E-state index in [2.05, 4.69) is 66.1 Å². The maximum atomic E-state index is 3.63. The summed E-state index contributed by atoms with van der Waals surface area (Å²) < 4.78 is 0. The highest BCUT2D eigenvalue weighted by molar-refractivity contribution is 5.59. The Balaban J connectivity index is 1.70. The molecule has 1 atom stereocenters. The highest BCUT2D eigenvalue weighted by atomic mass is 14.9. The quantitative estimate of drug-likeness (QED) is 0.877. The number of hydrogen-bond donors (Lipinski definition) is 2. The van der Waals surface area contributed by atoms with Crippen LogP contribution in [0.25, 0.3) is 0 Å². The lowest BCUT2D eigenvalue weighted by atomic mass is 9.99. The third-order valence-corrected chi connectivity index (χ3v) is 4.06. The van der Waals surface area contributed by atoms with Crippen molar-refractivity contribution in [3.05, 3.63) is 65.2 Å². The van der Waals surface area contributed by atoms with Crippen molar-refractivity contribution in [2.45, 2.75) is 32.4 Å². The fourth-order valence-corrected chi connectivity index (χ4v) is 2.85. The van der Waals surface area contributed by atoms with E-state index in [1.807, 2.05) is 0 Å². The van der Waals surface area contributed by atoms with Gasteiger partial charge in [-0.05, 0) is 36.5 Å². The van der Waals surface area contributed by atoms with Crippen molar-refractivity contribution in [2.24, 2.45) is 0 Å². The molecule has 0 amide bonds. The van der Waals surface area contributed by atoms with Crippen molar-refractivity contribution in [3.8, 4) is 0 Å². The van der Waals surface area contributed by atoms with Gasteiger partial charge in [0.15, 0.2) is 0 Å². The molecule has 1 aliphatic rings. The first kappa shape index (κ1) is 13.2. The molecule has 0 bridgehead atoms. The lowest BCUT2D eigenvalue weighted by Crippen LogP contribution is -2.21. The Bertz CT molecular complexity index is 563. The zero-order valence-corrected chi connectivity index (χ0v) is 12.0. The second kappa shape index (κ2) is 6.10. The Morgan fingerprint density at radius 3 is 2.80 bits per heavy atom. The fraction of sp³-hybridized carbons (Fsp3) is 0.333. The second-order valence-corrected chi connectivity index (χ2v) is 5.49. The average molecular weight is 266 g/mol. The standard InChI is InChI=1S/C18H22N2/c1-14(15-7-3-2-4-8-15)20-13-17-10-5-9-16-11-6-12-19-18(16)17/h2-5,7-10,14,19-20H,6,11-13H2,1H3/t14-/m1/s1. The molecular formula is C18H22N2. The molecule has 0 saturated carbocycles. The molecule has 2 heteroatoms. The van der Waals surface area contributed by atoms with Gasteiger partial charge in [-0.15, -0.1) is 0 Å². The summed E-state index contributed by atoms with van der Waals surface area (Å²) in [5.41, 5.74) is 5.53. The Morgan fingerprint density at radius 2 is 1.95 bits per heavy atom. The van der Waals surface area contributed by atoms with Gasteiger partial charge in [-0.1, -0.05) is 48.5 Å². The highest BCUT2D eigenvalue weighted by Crippen LogP contribution is 2.26. The molecule has 0 saturated heterocycles. The van der Waals surface area contributed by atoms with Crippen LogP contribution in [0.15, 0.2) is 48.5 Å². The topological polar surface area (TPSA) is 24.1 Å². The molecule has 1 heterocycles. The smallest absolute Gasteiger partial charge is 0.0418 e. The molecule has 0 aromatic heterocycles. The summed E-state index contributed by atoms with van der Waals surface area (Å²) in [6.45, 7) is 4.22. The molecule has 104 valence electrons. The van der Waals surface area contributed by atoms with Crippen molar-refractivity contribution in [2.75, 3.05) is 11.9 Å².